The third-order valence-corrected chi connectivity index (χ3v) is 7.50. The van der Waals surface area contributed by atoms with Gasteiger partial charge in [-0.25, -0.2) is 0 Å². The lowest BCUT2D eigenvalue weighted by molar-refractivity contribution is 0.124. The van der Waals surface area contributed by atoms with Gasteiger partial charge in [-0.3, -0.25) is 0 Å². The molecule has 2 heteroatoms. The molecule has 2 saturated carbocycles. The van der Waals surface area contributed by atoms with E-state index in [0.29, 0.717) is 17.0 Å². The molecule has 0 N–H and O–H groups in total. The van der Waals surface area contributed by atoms with E-state index in [4.69, 9.17) is 0 Å². The Kier molecular flexibility index (Phi) is 6.59. The van der Waals surface area contributed by atoms with Gasteiger partial charge in [-0.05, 0) is 60.5 Å². The minimum absolute atomic E-state index is 0.123. The molecule has 1 aromatic rings. The van der Waals surface area contributed by atoms with Crippen molar-refractivity contribution >= 4 is 0 Å². The summed E-state index contributed by atoms with van der Waals surface area (Å²) in [6.45, 7) is 4.37. The van der Waals surface area contributed by atoms with Gasteiger partial charge in [0.2, 0.25) is 0 Å². The van der Waals surface area contributed by atoms with E-state index in [2.05, 4.69) is 38.1 Å². The Balaban J connectivity index is 2.02. The van der Waals surface area contributed by atoms with E-state index in [1.165, 1.54) is 76.2 Å². The third-order valence-electron chi connectivity index (χ3n) is 7.50. The van der Waals surface area contributed by atoms with Crippen LogP contribution in [0, 0.1) is 34.5 Å². The molecule has 2 aliphatic rings. The summed E-state index contributed by atoms with van der Waals surface area (Å²) in [6.07, 6.45) is 15.0. The highest BCUT2D eigenvalue weighted by Gasteiger charge is 2.44. The van der Waals surface area contributed by atoms with Crippen LogP contribution < -0.4 is 0 Å². The molecule has 0 atom stereocenters. The Morgan fingerprint density at radius 1 is 0.926 bits per heavy atom. The van der Waals surface area contributed by atoms with Crippen molar-refractivity contribution in [2.75, 3.05) is 0 Å². The van der Waals surface area contributed by atoms with Gasteiger partial charge in [-0.2, -0.15) is 10.5 Å². The Hall–Kier alpha value is -1.80. The summed E-state index contributed by atoms with van der Waals surface area (Å²) in [4.78, 5) is 0. The van der Waals surface area contributed by atoms with Gasteiger partial charge in [0.25, 0.3) is 0 Å². The number of aryl methyl sites for hydroxylation is 1. The molecular formula is C25H34N2. The Bertz CT molecular complexity index is 720. The van der Waals surface area contributed by atoms with Gasteiger partial charge in [0, 0.05) is 0 Å². The fourth-order valence-electron chi connectivity index (χ4n) is 6.09. The molecule has 0 radical (unpaired) electrons. The maximum Gasteiger partial charge on any atom is 0.101 e. The summed E-state index contributed by atoms with van der Waals surface area (Å²) in [6, 6.07) is 9.18. The van der Waals surface area contributed by atoms with Gasteiger partial charge < -0.3 is 0 Å². The van der Waals surface area contributed by atoms with Crippen LogP contribution in [-0.4, -0.2) is 0 Å². The van der Waals surface area contributed by atoms with Crippen LogP contribution >= 0.6 is 0 Å². The second-order valence-electron chi connectivity index (χ2n) is 8.82. The summed E-state index contributed by atoms with van der Waals surface area (Å²) in [5.41, 5.74) is 3.68. The van der Waals surface area contributed by atoms with Crippen LogP contribution in [0.2, 0.25) is 0 Å². The lowest BCUT2D eigenvalue weighted by Gasteiger charge is -2.47. The topological polar surface area (TPSA) is 47.6 Å². The first-order valence-electron chi connectivity index (χ1n) is 11.2. The van der Waals surface area contributed by atoms with Crippen molar-refractivity contribution < 1.29 is 0 Å². The molecule has 0 heterocycles. The van der Waals surface area contributed by atoms with Gasteiger partial charge in [-0.15, -0.1) is 0 Å². The molecule has 0 amide bonds. The fraction of sp³-hybridized carbons (Fsp3) is 0.680. The maximum atomic E-state index is 10.0. The van der Waals surface area contributed by atoms with E-state index in [1.807, 2.05) is 0 Å². The van der Waals surface area contributed by atoms with Crippen LogP contribution in [0.5, 0.6) is 0 Å². The summed E-state index contributed by atoms with van der Waals surface area (Å²) in [5.74, 6) is 1.58. The monoisotopic (exact) mass is 362 g/mol. The molecule has 0 saturated heterocycles. The first-order valence-corrected chi connectivity index (χ1v) is 11.2. The largest absolute Gasteiger partial charge is 0.192 e. The van der Waals surface area contributed by atoms with Crippen LogP contribution in [0.25, 0.3) is 0 Å². The maximum absolute atomic E-state index is 10.0. The molecule has 144 valence electrons. The van der Waals surface area contributed by atoms with Crippen molar-refractivity contribution in [3.8, 4) is 12.1 Å². The normalized spacial score (nSPS) is 24.7. The summed E-state index contributed by atoms with van der Waals surface area (Å²) in [7, 11) is 0. The molecule has 2 aliphatic carbocycles. The molecule has 0 unspecified atom stereocenters. The van der Waals surface area contributed by atoms with Crippen molar-refractivity contribution in [2.24, 2.45) is 11.8 Å². The lowest BCUT2D eigenvalue weighted by atomic mass is 9.56. The molecule has 27 heavy (non-hydrogen) atoms. The fourth-order valence-corrected chi connectivity index (χ4v) is 6.09. The van der Waals surface area contributed by atoms with Crippen molar-refractivity contribution in [3.63, 3.8) is 0 Å². The average molecular weight is 363 g/mol. The number of nitrogens with zero attached hydrogens (tertiary/aromatic N) is 2. The predicted molar refractivity (Wildman–Crippen MR) is 110 cm³/mol. The predicted octanol–water partition coefficient (Wildman–Crippen LogP) is 6.80. The molecule has 1 aromatic carbocycles. The minimum atomic E-state index is 0.123. The Morgan fingerprint density at radius 2 is 1.59 bits per heavy atom. The second-order valence-corrected chi connectivity index (χ2v) is 8.82. The molecule has 0 aliphatic heterocycles. The SMILES string of the molecule is CCCC1CCC(C2(c3ccc(CC)c(C#N)c3C#N)CCCCC2)CC1. The van der Waals surface area contributed by atoms with E-state index in [-0.39, 0.29) is 5.41 Å². The lowest BCUT2D eigenvalue weighted by Crippen LogP contribution is -2.40. The van der Waals surface area contributed by atoms with Crippen LogP contribution in [-0.2, 0) is 11.8 Å². The van der Waals surface area contributed by atoms with Crippen LogP contribution in [0.15, 0.2) is 12.1 Å². The van der Waals surface area contributed by atoms with Crippen molar-refractivity contribution in [1.82, 2.24) is 0 Å². The van der Waals surface area contributed by atoms with E-state index >= 15 is 0 Å². The first kappa shape index (κ1) is 19.9. The minimum Gasteiger partial charge on any atom is -0.192 e. The highest BCUT2D eigenvalue weighted by atomic mass is 14.5. The molecule has 0 bridgehead atoms. The molecular weight excluding hydrogens is 328 g/mol. The Labute approximate surface area is 165 Å². The number of hydrogen-bond donors (Lipinski definition) is 0. The quantitative estimate of drug-likeness (QED) is 0.578. The van der Waals surface area contributed by atoms with Crippen LogP contribution in [0.3, 0.4) is 0 Å². The van der Waals surface area contributed by atoms with E-state index in [0.717, 1.165) is 17.9 Å². The standard InChI is InChI=1S/C25H34N2/c1-3-8-19-9-12-21(13-10-19)25(15-6-5-7-16-25)24-14-11-20(4-2)22(17-26)23(24)18-27/h11,14,19,21H,3-10,12-13,15-16H2,1-2H3. The van der Waals surface area contributed by atoms with Gasteiger partial charge in [0.15, 0.2) is 0 Å². The second kappa shape index (κ2) is 8.93. The van der Waals surface area contributed by atoms with E-state index in [9.17, 15) is 10.5 Å². The van der Waals surface area contributed by atoms with E-state index in [1.54, 1.807) is 0 Å². The van der Waals surface area contributed by atoms with Gasteiger partial charge in [0.05, 0.1) is 11.1 Å². The number of benzene rings is 1. The van der Waals surface area contributed by atoms with Crippen LogP contribution in [0.1, 0.15) is 107 Å². The summed E-state index contributed by atoms with van der Waals surface area (Å²) >= 11 is 0. The number of hydrogen-bond acceptors (Lipinski definition) is 2. The highest BCUT2D eigenvalue weighted by Crippen LogP contribution is 2.52. The first-order chi connectivity index (χ1) is 13.2. The number of rotatable bonds is 5. The summed E-state index contributed by atoms with van der Waals surface area (Å²) in [5, 5.41) is 19.8. The third kappa shape index (κ3) is 3.78. The van der Waals surface area contributed by atoms with Gasteiger partial charge in [0.1, 0.15) is 12.1 Å². The molecule has 0 aromatic heterocycles. The zero-order chi connectivity index (χ0) is 19.3. The molecule has 2 nitrogen and oxygen atoms in total. The molecule has 0 spiro atoms. The number of nitriles is 2. The smallest absolute Gasteiger partial charge is 0.101 e. The summed E-state index contributed by atoms with van der Waals surface area (Å²) < 4.78 is 0. The van der Waals surface area contributed by atoms with Crippen LogP contribution in [0.4, 0.5) is 0 Å². The van der Waals surface area contributed by atoms with E-state index < -0.39 is 0 Å². The zero-order valence-electron chi connectivity index (χ0n) is 17.2. The average Bonchev–Trinajstić information content (AvgIpc) is 2.73. The Morgan fingerprint density at radius 3 is 2.15 bits per heavy atom. The van der Waals surface area contributed by atoms with Gasteiger partial charge in [-0.1, -0.05) is 70.9 Å². The molecule has 2 fully saturated rings. The zero-order valence-corrected chi connectivity index (χ0v) is 17.2. The van der Waals surface area contributed by atoms with Crippen molar-refractivity contribution in [3.05, 3.63) is 34.4 Å². The van der Waals surface area contributed by atoms with Crippen molar-refractivity contribution in [2.45, 2.75) is 96.3 Å². The van der Waals surface area contributed by atoms with Crippen molar-refractivity contribution in [1.29, 1.82) is 10.5 Å². The highest BCUT2D eigenvalue weighted by molar-refractivity contribution is 5.57. The molecule has 3 rings (SSSR count). The van der Waals surface area contributed by atoms with Gasteiger partial charge >= 0.3 is 0 Å².